The monoisotopic (exact) mass is 217 g/mol. The van der Waals surface area contributed by atoms with Crippen LogP contribution in [0.1, 0.15) is 46.5 Å². The second kappa shape index (κ2) is 10.4. The number of ether oxygens (including phenoxy) is 2. The summed E-state index contributed by atoms with van der Waals surface area (Å²) in [6.45, 7) is 8.54. The summed E-state index contributed by atoms with van der Waals surface area (Å²) in [5.74, 6) is 0. The molecule has 2 unspecified atom stereocenters. The first kappa shape index (κ1) is 14.9. The van der Waals surface area contributed by atoms with E-state index in [-0.39, 0.29) is 12.1 Å². The molecule has 0 radical (unpaired) electrons. The third-order valence-corrected chi connectivity index (χ3v) is 2.41. The van der Waals surface area contributed by atoms with Crippen LogP contribution in [0, 0.1) is 0 Å². The Morgan fingerprint density at radius 2 is 1.73 bits per heavy atom. The van der Waals surface area contributed by atoms with Crippen molar-refractivity contribution in [1.82, 2.24) is 0 Å². The first-order valence-electron chi connectivity index (χ1n) is 6.21. The van der Waals surface area contributed by atoms with E-state index in [1.807, 2.05) is 0 Å². The SMILES string of the molecule is CCCOCCOC(CC)C(N)CCC. The van der Waals surface area contributed by atoms with E-state index in [1.165, 1.54) is 0 Å². The van der Waals surface area contributed by atoms with E-state index in [0.717, 1.165) is 32.3 Å². The topological polar surface area (TPSA) is 44.5 Å². The summed E-state index contributed by atoms with van der Waals surface area (Å²) < 4.78 is 11.1. The molecule has 0 heterocycles. The minimum atomic E-state index is 0.172. The van der Waals surface area contributed by atoms with Crippen molar-refractivity contribution in [2.75, 3.05) is 19.8 Å². The molecule has 0 saturated heterocycles. The molecular weight excluding hydrogens is 190 g/mol. The van der Waals surface area contributed by atoms with E-state index in [2.05, 4.69) is 20.8 Å². The Morgan fingerprint density at radius 3 is 2.27 bits per heavy atom. The van der Waals surface area contributed by atoms with Gasteiger partial charge in [-0.05, 0) is 19.3 Å². The van der Waals surface area contributed by atoms with Crippen molar-refractivity contribution in [2.24, 2.45) is 5.73 Å². The maximum Gasteiger partial charge on any atom is 0.0724 e. The molecule has 15 heavy (non-hydrogen) atoms. The van der Waals surface area contributed by atoms with E-state index in [1.54, 1.807) is 0 Å². The van der Waals surface area contributed by atoms with E-state index in [4.69, 9.17) is 15.2 Å². The lowest BCUT2D eigenvalue weighted by Crippen LogP contribution is -2.36. The van der Waals surface area contributed by atoms with Crippen molar-refractivity contribution in [2.45, 2.75) is 58.6 Å². The second-order valence-corrected chi connectivity index (χ2v) is 3.88. The molecule has 0 aromatic carbocycles. The number of hydrogen-bond donors (Lipinski definition) is 1. The molecule has 0 aromatic heterocycles. The molecule has 0 fully saturated rings. The van der Waals surface area contributed by atoms with Gasteiger partial charge < -0.3 is 15.2 Å². The van der Waals surface area contributed by atoms with Crippen molar-refractivity contribution < 1.29 is 9.47 Å². The van der Waals surface area contributed by atoms with Crippen molar-refractivity contribution in [3.8, 4) is 0 Å². The highest BCUT2D eigenvalue weighted by Gasteiger charge is 2.15. The van der Waals surface area contributed by atoms with Gasteiger partial charge in [0, 0.05) is 12.6 Å². The smallest absolute Gasteiger partial charge is 0.0724 e. The first-order valence-corrected chi connectivity index (χ1v) is 6.21. The van der Waals surface area contributed by atoms with Gasteiger partial charge in [0.15, 0.2) is 0 Å². The largest absolute Gasteiger partial charge is 0.379 e. The molecule has 0 saturated carbocycles. The third-order valence-electron chi connectivity index (χ3n) is 2.41. The molecule has 2 N–H and O–H groups in total. The predicted molar refractivity (Wildman–Crippen MR) is 64.0 cm³/mol. The fourth-order valence-corrected chi connectivity index (χ4v) is 1.57. The average molecular weight is 217 g/mol. The van der Waals surface area contributed by atoms with Crippen LogP contribution in [0.3, 0.4) is 0 Å². The number of nitrogens with two attached hydrogens (primary N) is 1. The minimum absolute atomic E-state index is 0.172. The summed E-state index contributed by atoms with van der Waals surface area (Å²) in [4.78, 5) is 0. The molecule has 0 aromatic rings. The quantitative estimate of drug-likeness (QED) is 0.571. The summed E-state index contributed by atoms with van der Waals surface area (Å²) in [5.41, 5.74) is 6.01. The molecule has 0 aliphatic rings. The summed E-state index contributed by atoms with van der Waals surface area (Å²) >= 11 is 0. The van der Waals surface area contributed by atoms with Crippen LogP contribution in [0.15, 0.2) is 0 Å². The highest BCUT2D eigenvalue weighted by molar-refractivity contribution is 4.71. The maximum absolute atomic E-state index is 6.01. The number of rotatable bonds is 10. The highest BCUT2D eigenvalue weighted by atomic mass is 16.5. The van der Waals surface area contributed by atoms with Crippen LogP contribution in [0.4, 0.5) is 0 Å². The van der Waals surface area contributed by atoms with Gasteiger partial charge >= 0.3 is 0 Å². The van der Waals surface area contributed by atoms with Gasteiger partial charge in [-0.1, -0.05) is 27.2 Å². The highest BCUT2D eigenvalue weighted by Crippen LogP contribution is 2.07. The lowest BCUT2D eigenvalue weighted by atomic mass is 10.1. The summed E-state index contributed by atoms with van der Waals surface area (Å²) in [6, 6.07) is 0.172. The molecule has 92 valence electrons. The Hall–Kier alpha value is -0.120. The van der Waals surface area contributed by atoms with Gasteiger partial charge in [-0.3, -0.25) is 0 Å². The van der Waals surface area contributed by atoms with E-state index in [9.17, 15) is 0 Å². The maximum atomic E-state index is 6.01. The van der Waals surface area contributed by atoms with Crippen LogP contribution in [0.5, 0.6) is 0 Å². The zero-order chi connectivity index (χ0) is 11.5. The molecule has 0 bridgehead atoms. The Labute approximate surface area is 94.3 Å². The first-order chi connectivity index (χ1) is 7.26. The molecule has 0 rings (SSSR count). The Kier molecular flexibility index (Phi) is 10.3. The van der Waals surface area contributed by atoms with Crippen LogP contribution in [-0.2, 0) is 9.47 Å². The summed E-state index contributed by atoms with van der Waals surface area (Å²) in [5, 5.41) is 0. The van der Waals surface area contributed by atoms with Crippen molar-refractivity contribution in [1.29, 1.82) is 0 Å². The molecule has 3 nitrogen and oxygen atoms in total. The van der Waals surface area contributed by atoms with Gasteiger partial charge in [0.05, 0.1) is 19.3 Å². The van der Waals surface area contributed by atoms with Gasteiger partial charge in [-0.2, -0.15) is 0 Å². The molecular formula is C12H27NO2. The van der Waals surface area contributed by atoms with Crippen molar-refractivity contribution in [3.63, 3.8) is 0 Å². The van der Waals surface area contributed by atoms with E-state index < -0.39 is 0 Å². The Bertz CT molecular complexity index is 131. The van der Waals surface area contributed by atoms with Crippen LogP contribution < -0.4 is 5.73 Å². The van der Waals surface area contributed by atoms with Crippen molar-refractivity contribution >= 4 is 0 Å². The van der Waals surface area contributed by atoms with Crippen LogP contribution in [-0.4, -0.2) is 32.0 Å². The van der Waals surface area contributed by atoms with E-state index in [0.29, 0.717) is 13.2 Å². The predicted octanol–water partition coefficient (Wildman–Crippen LogP) is 2.34. The van der Waals surface area contributed by atoms with E-state index >= 15 is 0 Å². The summed E-state index contributed by atoms with van der Waals surface area (Å²) in [7, 11) is 0. The second-order valence-electron chi connectivity index (χ2n) is 3.88. The molecule has 0 aliphatic carbocycles. The molecule has 0 aliphatic heterocycles. The minimum Gasteiger partial charge on any atom is -0.379 e. The zero-order valence-electron chi connectivity index (χ0n) is 10.5. The Morgan fingerprint density at radius 1 is 1.00 bits per heavy atom. The fraction of sp³-hybridized carbons (Fsp3) is 1.00. The van der Waals surface area contributed by atoms with Crippen LogP contribution in [0.25, 0.3) is 0 Å². The lowest BCUT2D eigenvalue weighted by Gasteiger charge is -2.22. The number of hydrogen-bond acceptors (Lipinski definition) is 3. The standard InChI is InChI=1S/C12H27NO2/c1-4-7-11(13)12(6-3)15-10-9-14-8-5-2/h11-12H,4-10,13H2,1-3H3. The fourth-order valence-electron chi connectivity index (χ4n) is 1.57. The third kappa shape index (κ3) is 7.77. The molecule has 0 amide bonds. The molecule has 2 atom stereocenters. The summed E-state index contributed by atoms with van der Waals surface area (Å²) in [6.07, 6.45) is 4.39. The normalized spacial score (nSPS) is 15.2. The van der Waals surface area contributed by atoms with Crippen LogP contribution in [0.2, 0.25) is 0 Å². The van der Waals surface area contributed by atoms with Gasteiger partial charge in [-0.25, -0.2) is 0 Å². The van der Waals surface area contributed by atoms with Gasteiger partial charge in [0.2, 0.25) is 0 Å². The van der Waals surface area contributed by atoms with Gasteiger partial charge in [0.25, 0.3) is 0 Å². The average Bonchev–Trinajstić information content (AvgIpc) is 2.23. The zero-order valence-corrected chi connectivity index (χ0v) is 10.5. The van der Waals surface area contributed by atoms with Gasteiger partial charge in [0.1, 0.15) is 0 Å². The van der Waals surface area contributed by atoms with Crippen LogP contribution >= 0.6 is 0 Å². The molecule has 3 heteroatoms. The molecule has 0 spiro atoms. The lowest BCUT2D eigenvalue weighted by molar-refractivity contribution is -0.00846. The Balaban J connectivity index is 3.51. The van der Waals surface area contributed by atoms with Gasteiger partial charge in [-0.15, -0.1) is 0 Å². The van der Waals surface area contributed by atoms with Crippen molar-refractivity contribution in [3.05, 3.63) is 0 Å².